The van der Waals surface area contributed by atoms with Gasteiger partial charge < -0.3 is 10.1 Å². The lowest BCUT2D eigenvalue weighted by Gasteiger charge is -2.36. The Morgan fingerprint density at radius 2 is 1.94 bits per heavy atom. The number of nitro groups is 1. The summed E-state index contributed by atoms with van der Waals surface area (Å²) < 4.78 is 5.87. The van der Waals surface area contributed by atoms with Crippen molar-refractivity contribution < 1.29 is 19.2 Å². The number of carbonyl (C=O) groups is 2. The number of nitrogens with one attached hydrogen (secondary N) is 1. The van der Waals surface area contributed by atoms with Crippen molar-refractivity contribution in [3.63, 3.8) is 0 Å². The average molecular weight is 493 g/mol. The van der Waals surface area contributed by atoms with E-state index in [2.05, 4.69) is 5.32 Å². The first-order valence-electron chi connectivity index (χ1n) is 12.1. The van der Waals surface area contributed by atoms with Crippen LogP contribution in [0.4, 0.5) is 5.69 Å². The molecule has 0 saturated heterocycles. The number of hydrogen-bond donors (Lipinski definition) is 1. The highest BCUT2D eigenvalue weighted by molar-refractivity contribution is 7.10. The fourth-order valence-corrected chi connectivity index (χ4v) is 6.42. The Hall–Kier alpha value is -3.26. The molecule has 2 atom stereocenters. The maximum absolute atomic E-state index is 13.6. The molecule has 0 radical (unpaired) electrons. The molecule has 2 aromatic rings. The molecule has 1 aromatic carbocycles. The SMILES string of the molecule is CC1=C(C(=O)OC2CCCC2)[C@@H](c2ccc(C)c([N+](=O)[O-])c2)C2=C(C[C@H](c3cccs3)CC2=O)N1. The first kappa shape index (κ1) is 23.5. The molecule has 0 bridgehead atoms. The molecule has 1 aromatic heterocycles. The predicted octanol–water partition coefficient (Wildman–Crippen LogP) is 5.81. The standard InChI is InChI=1S/C27H28N2O5S/c1-15-9-10-17(13-21(15)29(32)33)25-24(27(31)34-19-6-3-4-7-19)16(2)28-20-12-18(14-22(30)26(20)25)23-8-5-11-35-23/h5,8-11,13,18-19,25,28H,3-4,6-7,12,14H2,1-2H3/t18-,25+/m0/s1. The van der Waals surface area contributed by atoms with Crippen LogP contribution in [0.25, 0.3) is 0 Å². The van der Waals surface area contributed by atoms with Crippen LogP contribution in [-0.2, 0) is 14.3 Å². The van der Waals surface area contributed by atoms with Gasteiger partial charge in [0.05, 0.1) is 10.5 Å². The van der Waals surface area contributed by atoms with E-state index in [0.29, 0.717) is 40.8 Å². The molecular formula is C27H28N2O5S. The number of dihydropyridines is 1. The summed E-state index contributed by atoms with van der Waals surface area (Å²) in [7, 11) is 0. The summed E-state index contributed by atoms with van der Waals surface area (Å²) >= 11 is 1.64. The first-order chi connectivity index (χ1) is 16.8. The van der Waals surface area contributed by atoms with Gasteiger partial charge in [-0.3, -0.25) is 14.9 Å². The molecule has 3 aliphatic rings. The van der Waals surface area contributed by atoms with E-state index in [1.54, 1.807) is 30.4 Å². The lowest BCUT2D eigenvalue weighted by molar-refractivity contribution is -0.385. The fraction of sp³-hybridized carbons (Fsp3) is 0.407. The van der Waals surface area contributed by atoms with Gasteiger partial charge in [0.25, 0.3) is 5.69 Å². The Morgan fingerprint density at radius 3 is 2.63 bits per heavy atom. The minimum Gasteiger partial charge on any atom is -0.459 e. The Balaban J connectivity index is 1.60. The van der Waals surface area contributed by atoms with Crippen LogP contribution in [0.15, 0.2) is 58.3 Å². The number of carbonyl (C=O) groups excluding carboxylic acids is 2. The second-order valence-electron chi connectivity index (χ2n) is 9.65. The van der Waals surface area contributed by atoms with Crippen LogP contribution in [0.3, 0.4) is 0 Å². The number of Topliss-reactive ketones (excluding diaryl/α,β-unsaturated/α-hetero) is 1. The monoisotopic (exact) mass is 492 g/mol. The summed E-state index contributed by atoms with van der Waals surface area (Å²) in [6.45, 7) is 3.51. The zero-order chi connectivity index (χ0) is 24.7. The molecule has 0 amide bonds. The summed E-state index contributed by atoms with van der Waals surface area (Å²) in [5.41, 5.74) is 3.41. The van der Waals surface area contributed by atoms with E-state index in [1.165, 1.54) is 6.07 Å². The number of hydrogen-bond acceptors (Lipinski definition) is 7. The highest BCUT2D eigenvalue weighted by Gasteiger charge is 2.42. The first-order valence-corrected chi connectivity index (χ1v) is 12.9. The van der Waals surface area contributed by atoms with Crippen LogP contribution in [0.5, 0.6) is 0 Å². The zero-order valence-electron chi connectivity index (χ0n) is 19.8. The fourth-order valence-electron chi connectivity index (χ4n) is 5.59. The van der Waals surface area contributed by atoms with Crippen LogP contribution in [-0.4, -0.2) is 22.8 Å². The van der Waals surface area contributed by atoms with E-state index < -0.39 is 16.8 Å². The molecule has 8 heteroatoms. The van der Waals surface area contributed by atoms with Gasteiger partial charge in [0.15, 0.2) is 5.78 Å². The maximum atomic E-state index is 13.6. The number of ketones is 1. The van der Waals surface area contributed by atoms with Gasteiger partial charge in [0.2, 0.25) is 0 Å². The minimum atomic E-state index is -0.698. The highest BCUT2D eigenvalue weighted by Crippen LogP contribution is 2.47. The van der Waals surface area contributed by atoms with Crippen LogP contribution >= 0.6 is 11.3 Å². The van der Waals surface area contributed by atoms with Crippen molar-refractivity contribution in [3.8, 4) is 0 Å². The Labute approximate surface area is 208 Å². The number of nitro benzene ring substituents is 1. The largest absolute Gasteiger partial charge is 0.459 e. The van der Waals surface area contributed by atoms with Gasteiger partial charge in [-0.15, -0.1) is 11.3 Å². The predicted molar refractivity (Wildman–Crippen MR) is 133 cm³/mol. The van der Waals surface area contributed by atoms with Crippen molar-refractivity contribution in [3.05, 3.63) is 84.4 Å². The summed E-state index contributed by atoms with van der Waals surface area (Å²) in [5.74, 6) is -1.11. The van der Waals surface area contributed by atoms with Gasteiger partial charge in [0, 0.05) is 51.7 Å². The molecule has 1 aliphatic heterocycles. The summed E-state index contributed by atoms with van der Waals surface area (Å²) in [5, 5.41) is 17.1. The van der Waals surface area contributed by atoms with Crippen molar-refractivity contribution in [1.82, 2.24) is 5.32 Å². The smallest absolute Gasteiger partial charge is 0.337 e. The Bertz CT molecular complexity index is 1250. The van der Waals surface area contributed by atoms with Crippen LogP contribution in [0.2, 0.25) is 0 Å². The van der Waals surface area contributed by atoms with E-state index >= 15 is 0 Å². The van der Waals surface area contributed by atoms with E-state index in [0.717, 1.165) is 36.3 Å². The van der Waals surface area contributed by atoms with Crippen molar-refractivity contribution >= 4 is 28.8 Å². The van der Waals surface area contributed by atoms with Gasteiger partial charge in [-0.2, -0.15) is 0 Å². The Kier molecular flexibility index (Phi) is 6.32. The molecule has 0 spiro atoms. The second kappa shape index (κ2) is 9.41. The van der Waals surface area contributed by atoms with Crippen LogP contribution < -0.4 is 5.32 Å². The topological polar surface area (TPSA) is 98.5 Å². The van der Waals surface area contributed by atoms with Crippen LogP contribution in [0.1, 0.15) is 73.3 Å². The molecule has 5 rings (SSSR count). The molecule has 1 fully saturated rings. The van der Waals surface area contributed by atoms with Gasteiger partial charge in [-0.1, -0.05) is 18.2 Å². The Morgan fingerprint density at radius 1 is 1.17 bits per heavy atom. The van der Waals surface area contributed by atoms with Gasteiger partial charge >= 0.3 is 5.97 Å². The number of thiophene rings is 1. The molecular weight excluding hydrogens is 464 g/mol. The molecule has 7 nitrogen and oxygen atoms in total. The average Bonchev–Trinajstić information content (AvgIpc) is 3.52. The third-order valence-electron chi connectivity index (χ3n) is 7.33. The number of allylic oxidation sites excluding steroid dienone is 3. The van der Waals surface area contributed by atoms with Crippen molar-refractivity contribution in [2.24, 2.45) is 0 Å². The van der Waals surface area contributed by atoms with Crippen molar-refractivity contribution in [2.75, 3.05) is 0 Å². The highest BCUT2D eigenvalue weighted by atomic mass is 32.1. The molecule has 1 N–H and O–H groups in total. The van der Waals surface area contributed by atoms with Gasteiger partial charge in [-0.25, -0.2) is 4.79 Å². The summed E-state index contributed by atoms with van der Waals surface area (Å²) in [6, 6.07) is 9.01. The minimum absolute atomic E-state index is 0.0240. The quantitative estimate of drug-likeness (QED) is 0.321. The van der Waals surface area contributed by atoms with Crippen molar-refractivity contribution in [2.45, 2.75) is 70.3 Å². The van der Waals surface area contributed by atoms with E-state index in [9.17, 15) is 19.7 Å². The molecule has 2 heterocycles. The van der Waals surface area contributed by atoms with E-state index in [-0.39, 0.29) is 23.5 Å². The number of esters is 1. The number of benzene rings is 1. The molecule has 2 aliphatic carbocycles. The van der Waals surface area contributed by atoms with Gasteiger partial charge in [-0.05, 0) is 63.0 Å². The van der Waals surface area contributed by atoms with Gasteiger partial charge in [0.1, 0.15) is 6.10 Å². The summed E-state index contributed by atoms with van der Waals surface area (Å²) in [4.78, 5) is 39.5. The summed E-state index contributed by atoms with van der Waals surface area (Å²) in [6.07, 6.45) is 4.59. The third kappa shape index (κ3) is 4.43. The number of nitrogens with zero attached hydrogens (tertiary/aromatic N) is 1. The number of aryl methyl sites for hydroxylation is 1. The van der Waals surface area contributed by atoms with Crippen LogP contribution in [0, 0.1) is 17.0 Å². The van der Waals surface area contributed by atoms with Crippen molar-refractivity contribution in [1.29, 1.82) is 0 Å². The number of rotatable bonds is 5. The number of ether oxygens (including phenoxy) is 1. The third-order valence-corrected chi connectivity index (χ3v) is 8.37. The zero-order valence-corrected chi connectivity index (χ0v) is 20.7. The molecule has 0 unspecified atom stereocenters. The lowest BCUT2D eigenvalue weighted by atomic mass is 9.72. The second-order valence-corrected chi connectivity index (χ2v) is 10.6. The van der Waals surface area contributed by atoms with E-state index in [1.807, 2.05) is 24.4 Å². The maximum Gasteiger partial charge on any atom is 0.337 e. The normalized spacial score (nSPS) is 22.7. The van der Waals surface area contributed by atoms with E-state index in [4.69, 9.17) is 4.74 Å². The lowest BCUT2D eigenvalue weighted by Crippen LogP contribution is -2.36. The molecule has 1 saturated carbocycles. The molecule has 35 heavy (non-hydrogen) atoms. The molecule has 182 valence electrons.